The van der Waals surface area contributed by atoms with Gasteiger partial charge in [-0.2, -0.15) is 0 Å². The van der Waals surface area contributed by atoms with E-state index in [2.05, 4.69) is 40.3 Å². The number of anilines is 1. The van der Waals surface area contributed by atoms with Gasteiger partial charge in [0.15, 0.2) is 5.82 Å². The van der Waals surface area contributed by atoms with Crippen LogP contribution in [-0.2, 0) is 6.54 Å². The molecule has 2 heterocycles. The number of hydrogen-bond donors (Lipinski definition) is 1. The van der Waals surface area contributed by atoms with Crippen LogP contribution in [0.2, 0.25) is 0 Å². The van der Waals surface area contributed by atoms with Gasteiger partial charge in [0.05, 0.1) is 0 Å². The van der Waals surface area contributed by atoms with Gasteiger partial charge in [-0.15, -0.1) is 0 Å². The van der Waals surface area contributed by atoms with Crippen LogP contribution < -0.4 is 5.73 Å². The molecule has 2 rings (SSSR count). The molecule has 0 aliphatic carbocycles. The van der Waals surface area contributed by atoms with Gasteiger partial charge in [-0.25, -0.2) is 15.0 Å². The highest BCUT2D eigenvalue weighted by Gasteiger charge is 2.11. The number of aryl methyl sites for hydroxylation is 1. The standard InChI is InChI=1S/C13H19N5/c1-4-6-18-7-5-15-13(18)10-8-11(14)17-12(16-10)9(2)3/h5,7-9H,4,6H2,1-3H3,(H2,14,16,17). The first kappa shape index (κ1) is 12.5. The number of aromatic nitrogens is 4. The number of nitrogens with zero attached hydrogens (tertiary/aromatic N) is 4. The van der Waals surface area contributed by atoms with E-state index in [1.807, 2.05) is 6.20 Å². The van der Waals surface area contributed by atoms with Crippen molar-refractivity contribution in [3.8, 4) is 11.5 Å². The summed E-state index contributed by atoms with van der Waals surface area (Å²) >= 11 is 0. The monoisotopic (exact) mass is 245 g/mol. The first-order valence-electron chi connectivity index (χ1n) is 6.27. The van der Waals surface area contributed by atoms with Crippen LogP contribution in [0.5, 0.6) is 0 Å². The fourth-order valence-electron chi connectivity index (χ4n) is 1.82. The minimum Gasteiger partial charge on any atom is -0.384 e. The topological polar surface area (TPSA) is 69.6 Å². The summed E-state index contributed by atoms with van der Waals surface area (Å²) in [6, 6.07) is 1.78. The van der Waals surface area contributed by atoms with Gasteiger partial charge in [0, 0.05) is 30.9 Å². The molecular formula is C13H19N5. The van der Waals surface area contributed by atoms with Crippen LogP contribution >= 0.6 is 0 Å². The zero-order valence-electron chi connectivity index (χ0n) is 11.1. The maximum atomic E-state index is 5.84. The predicted octanol–water partition coefficient (Wildman–Crippen LogP) is 2.46. The Morgan fingerprint density at radius 2 is 2.11 bits per heavy atom. The van der Waals surface area contributed by atoms with Crippen molar-refractivity contribution in [2.24, 2.45) is 0 Å². The molecule has 2 aromatic heterocycles. The van der Waals surface area contributed by atoms with Crippen LogP contribution in [0, 0.1) is 0 Å². The fraction of sp³-hybridized carbons (Fsp3) is 0.462. The van der Waals surface area contributed by atoms with E-state index in [0.717, 1.165) is 30.3 Å². The molecule has 0 aliphatic rings. The second-order valence-electron chi connectivity index (χ2n) is 4.64. The molecule has 0 atom stereocenters. The van der Waals surface area contributed by atoms with Crippen molar-refractivity contribution in [1.82, 2.24) is 19.5 Å². The number of nitrogen functional groups attached to an aromatic ring is 1. The van der Waals surface area contributed by atoms with E-state index in [1.54, 1.807) is 12.3 Å². The van der Waals surface area contributed by atoms with Crippen molar-refractivity contribution < 1.29 is 0 Å². The second kappa shape index (κ2) is 5.16. The van der Waals surface area contributed by atoms with Gasteiger partial charge in [-0.1, -0.05) is 20.8 Å². The summed E-state index contributed by atoms with van der Waals surface area (Å²) in [5.41, 5.74) is 6.64. The van der Waals surface area contributed by atoms with Crippen LogP contribution in [0.15, 0.2) is 18.5 Å². The van der Waals surface area contributed by atoms with Crippen molar-refractivity contribution in [3.05, 3.63) is 24.3 Å². The van der Waals surface area contributed by atoms with E-state index in [1.165, 1.54) is 0 Å². The Morgan fingerprint density at radius 3 is 2.78 bits per heavy atom. The van der Waals surface area contributed by atoms with Gasteiger partial charge in [0.2, 0.25) is 0 Å². The number of rotatable bonds is 4. The Morgan fingerprint density at radius 1 is 1.33 bits per heavy atom. The summed E-state index contributed by atoms with van der Waals surface area (Å²) in [6.45, 7) is 7.17. The van der Waals surface area contributed by atoms with Gasteiger partial charge in [-0.05, 0) is 6.42 Å². The number of imidazole rings is 1. The third-order valence-corrected chi connectivity index (χ3v) is 2.69. The highest BCUT2D eigenvalue weighted by Crippen LogP contribution is 2.20. The summed E-state index contributed by atoms with van der Waals surface area (Å²) in [7, 11) is 0. The average Bonchev–Trinajstić information content (AvgIpc) is 2.77. The molecule has 18 heavy (non-hydrogen) atoms. The number of hydrogen-bond acceptors (Lipinski definition) is 4. The molecule has 0 saturated heterocycles. The SMILES string of the molecule is CCCn1ccnc1-c1cc(N)nc(C(C)C)n1. The third kappa shape index (κ3) is 2.50. The maximum absolute atomic E-state index is 5.84. The smallest absolute Gasteiger partial charge is 0.158 e. The quantitative estimate of drug-likeness (QED) is 0.898. The zero-order valence-corrected chi connectivity index (χ0v) is 11.1. The van der Waals surface area contributed by atoms with E-state index < -0.39 is 0 Å². The first-order valence-corrected chi connectivity index (χ1v) is 6.27. The van der Waals surface area contributed by atoms with Crippen LogP contribution in [-0.4, -0.2) is 19.5 Å². The summed E-state index contributed by atoms with van der Waals surface area (Å²) in [4.78, 5) is 13.2. The predicted molar refractivity (Wildman–Crippen MR) is 72.0 cm³/mol. The van der Waals surface area contributed by atoms with E-state index in [9.17, 15) is 0 Å². The molecule has 0 aromatic carbocycles. The first-order chi connectivity index (χ1) is 8.61. The molecule has 0 fully saturated rings. The molecule has 5 heteroatoms. The fourth-order valence-corrected chi connectivity index (χ4v) is 1.82. The highest BCUT2D eigenvalue weighted by molar-refractivity contribution is 5.54. The molecule has 2 aromatic rings. The lowest BCUT2D eigenvalue weighted by Crippen LogP contribution is -2.06. The largest absolute Gasteiger partial charge is 0.384 e. The van der Waals surface area contributed by atoms with Crippen LogP contribution in [0.4, 0.5) is 5.82 Å². The van der Waals surface area contributed by atoms with E-state index in [0.29, 0.717) is 5.82 Å². The maximum Gasteiger partial charge on any atom is 0.158 e. The Hall–Kier alpha value is -1.91. The van der Waals surface area contributed by atoms with Gasteiger partial charge in [-0.3, -0.25) is 0 Å². The second-order valence-corrected chi connectivity index (χ2v) is 4.64. The Balaban J connectivity index is 2.46. The van der Waals surface area contributed by atoms with E-state index >= 15 is 0 Å². The molecule has 0 saturated carbocycles. The summed E-state index contributed by atoms with van der Waals surface area (Å²) < 4.78 is 2.09. The summed E-state index contributed by atoms with van der Waals surface area (Å²) in [5, 5.41) is 0. The summed E-state index contributed by atoms with van der Waals surface area (Å²) in [5.74, 6) is 2.36. The molecule has 5 nitrogen and oxygen atoms in total. The van der Waals surface area contributed by atoms with Gasteiger partial charge in [0.25, 0.3) is 0 Å². The molecule has 2 N–H and O–H groups in total. The molecular weight excluding hydrogens is 226 g/mol. The Kier molecular flexibility index (Phi) is 3.60. The normalized spacial score (nSPS) is 11.1. The van der Waals surface area contributed by atoms with Crippen molar-refractivity contribution in [2.75, 3.05) is 5.73 Å². The molecule has 0 amide bonds. The van der Waals surface area contributed by atoms with Crippen LogP contribution in [0.25, 0.3) is 11.5 Å². The number of nitrogens with two attached hydrogens (primary N) is 1. The van der Waals surface area contributed by atoms with Crippen molar-refractivity contribution >= 4 is 5.82 Å². The molecule has 96 valence electrons. The average molecular weight is 245 g/mol. The van der Waals surface area contributed by atoms with Gasteiger partial charge < -0.3 is 10.3 Å². The molecule has 0 spiro atoms. The molecule has 0 unspecified atom stereocenters. The van der Waals surface area contributed by atoms with Crippen molar-refractivity contribution in [1.29, 1.82) is 0 Å². The lowest BCUT2D eigenvalue weighted by atomic mass is 10.2. The van der Waals surface area contributed by atoms with E-state index in [4.69, 9.17) is 5.73 Å². The summed E-state index contributed by atoms with van der Waals surface area (Å²) in [6.07, 6.45) is 4.81. The molecule has 0 bridgehead atoms. The lowest BCUT2D eigenvalue weighted by Gasteiger charge is -2.09. The van der Waals surface area contributed by atoms with Crippen molar-refractivity contribution in [3.63, 3.8) is 0 Å². The van der Waals surface area contributed by atoms with Crippen molar-refractivity contribution in [2.45, 2.75) is 39.7 Å². The molecule has 0 aliphatic heterocycles. The minimum absolute atomic E-state index is 0.252. The highest BCUT2D eigenvalue weighted by atomic mass is 15.1. The zero-order chi connectivity index (χ0) is 13.1. The van der Waals surface area contributed by atoms with E-state index in [-0.39, 0.29) is 5.92 Å². The van der Waals surface area contributed by atoms with Crippen LogP contribution in [0.1, 0.15) is 38.9 Å². The van der Waals surface area contributed by atoms with Gasteiger partial charge in [0.1, 0.15) is 17.3 Å². The Bertz CT molecular complexity index is 530. The van der Waals surface area contributed by atoms with Crippen LogP contribution in [0.3, 0.4) is 0 Å². The minimum atomic E-state index is 0.252. The molecule has 0 radical (unpaired) electrons. The Labute approximate surface area is 107 Å². The third-order valence-electron chi connectivity index (χ3n) is 2.69. The lowest BCUT2D eigenvalue weighted by molar-refractivity contribution is 0.682. The van der Waals surface area contributed by atoms with Gasteiger partial charge >= 0.3 is 0 Å².